The van der Waals surface area contributed by atoms with Crippen molar-refractivity contribution in [3.8, 4) is 5.75 Å². The summed E-state index contributed by atoms with van der Waals surface area (Å²) in [6, 6.07) is 1.02. The predicted octanol–water partition coefficient (Wildman–Crippen LogP) is 2.62. The second kappa shape index (κ2) is 3.80. The molecular weight excluding hydrogens is 232 g/mol. The topological polar surface area (TPSA) is 33.1 Å². The lowest BCUT2D eigenvalue weighted by Gasteiger charge is -2.04. The zero-order valence-electron chi connectivity index (χ0n) is 5.97. The minimum atomic E-state index is -2.60. The van der Waals surface area contributed by atoms with Gasteiger partial charge in [-0.2, -0.15) is 0 Å². The molecule has 2 nitrogen and oxygen atoms in total. The third kappa shape index (κ3) is 1.91. The van der Waals surface area contributed by atoms with Gasteiger partial charge < -0.3 is 5.11 Å². The van der Waals surface area contributed by atoms with Crippen molar-refractivity contribution in [2.45, 2.75) is 11.8 Å². The highest BCUT2D eigenvalue weighted by molar-refractivity contribution is 9.08. The van der Waals surface area contributed by atoms with E-state index in [-0.39, 0.29) is 22.3 Å². The third-order valence-electron chi connectivity index (χ3n) is 1.35. The Labute approximate surface area is 76.4 Å². The van der Waals surface area contributed by atoms with Crippen LogP contribution in [-0.4, -0.2) is 10.1 Å². The highest BCUT2D eigenvalue weighted by Crippen LogP contribution is 2.25. The van der Waals surface area contributed by atoms with E-state index in [0.717, 1.165) is 12.3 Å². The summed E-state index contributed by atoms with van der Waals surface area (Å²) in [5.74, 6) is -0.241. The van der Waals surface area contributed by atoms with Crippen molar-refractivity contribution < 1.29 is 13.9 Å². The largest absolute Gasteiger partial charge is 0.506 e. The number of rotatable bonds is 2. The molecule has 0 amide bonds. The maximum absolute atomic E-state index is 12.2. The van der Waals surface area contributed by atoms with Crippen molar-refractivity contribution in [1.29, 1.82) is 0 Å². The number of halogens is 3. The van der Waals surface area contributed by atoms with Crippen LogP contribution >= 0.6 is 15.9 Å². The van der Waals surface area contributed by atoms with Crippen LogP contribution in [0.2, 0.25) is 0 Å². The van der Waals surface area contributed by atoms with Gasteiger partial charge >= 0.3 is 0 Å². The molecule has 1 heterocycles. The molecular formula is C7H6BrF2NO. The van der Waals surface area contributed by atoms with E-state index in [1.165, 1.54) is 0 Å². The first-order chi connectivity index (χ1) is 5.65. The number of hydrogen-bond donors (Lipinski definition) is 1. The van der Waals surface area contributed by atoms with Crippen molar-refractivity contribution in [3.05, 3.63) is 23.5 Å². The van der Waals surface area contributed by atoms with Crippen molar-refractivity contribution >= 4 is 15.9 Å². The number of aromatic hydroxyl groups is 1. The zero-order chi connectivity index (χ0) is 9.14. The van der Waals surface area contributed by atoms with Crippen LogP contribution in [0.4, 0.5) is 8.78 Å². The fraction of sp³-hybridized carbons (Fsp3) is 0.286. The van der Waals surface area contributed by atoms with E-state index in [2.05, 4.69) is 20.9 Å². The molecule has 1 aromatic rings. The maximum atomic E-state index is 12.2. The van der Waals surface area contributed by atoms with Crippen LogP contribution < -0.4 is 0 Å². The van der Waals surface area contributed by atoms with Crippen LogP contribution in [0, 0.1) is 0 Å². The minimum Gasteiger partial charge on any atom is -0.506 e. The highest BCUT2D eigenvalue weighted by Gasteiger charge is 2.13. The molecule has 0 aliphatic carbocycles. The Morgan fingerprint density at radius 1 is 1.58 bits per heavy atom. The van der Waals surface area contributed by atoms with Crippen LogP contribution in [0.1, 0.15) is 17.7 Å². The standard InChI is InChI=1S/C7H6BrF2NO/c8-2-6-5(7(9)10)1-4(12)3-11-6/h1,3,7,12H,2H2. The number of aromatic nitrogens is 1. The monoisotopic (exact) mass is 237 g/mol. The van der Waals surface area contributed by atoms with Gasteiger partial charge in [-0.3, -0.25) is 4.98 Å². The molecule has 0 atom stereocenters. The van der Waals surface area contributed by atoms with E-state index < -0.39 is 6.43 Å². The molecule has 0 bridgehead atoms. The van der Waals surface area contributed by atoms with Crippen LogP contribution in [0.5, 0.6) is 5.75 Å². The zero-order valence-corrected chi connectivity index (χ0v) is 7.55. The van der Waals surface area contributed by atoms with E-state index in [9.17, 15) is 8.78 Å². The molecule has 0 unspecified atom stereocenters. The quantitative estimate of drug-likeness (QED) is 0.803. The molecule has 1 rings (SSSR count). The maximum Gasteiger partial charge on any atom is 0.265 e. The fourth-order valence-corrected chi connectivity index (χ4v) is 1.27. The molecule has 1 N–H and O–H groups in total. The van der Waals surface area contributed by atoms with Crippen molar-refractivity contribution in [3.63, 3.8) is 0 Å². The minimum absolute atomic E-state index is 0.230. The second-order valence-corrected chi connectivity index (χ2v) is 2.72. The lowest BCUT2D eigenvalue weighted by molar-refractivity contribution is 0.149. The first-order valence-electron chi connectivity index (χ1n) is 3.17. The molecule has 0 aromatic carbocycles. The number of alkyl halides is 3. The van der Waals surface area contributed by atoms with Crippen LogP contribution in [0.15, 0.2) is 12.3 Å². The molecule has 0 spiro atoms. The van der Waals surface area contributed by atoms with Gasteiger partial charge in [0, 0.05) is 10.9 Å². The molecule has 12 heavy (non-hydrogen) atoms. The van der Waals surface area contributed by atoms with E-state index in [4.69, 9.17) is 5.11 Å². The van der Waals surface area contributed by atoms with Crippen molar-refractivity contribution in [1.82, 2.24) is 4.98 Å². The molecule has 0 saturated carbocycles. The predicted molar refractivity (Wildman–Crippen MR) is 43.5 cm³/mol. The molecule has 0 fully saturated rings. The van der Waals surface area contributed by atoms with E-state index >= 15 is 0 Å². The summed E-state index contributed by atoms with van der Waals surface area (Å²) in [6.07, 6.45) is -1.46. The first-order valence-corrected chi connectivity index (χ1v) is 4.29. The number of hydrogen-bond acceptors (Lipinski definition) is 2. The van der Waals surface area contributed by atoms with Gasteiger partial charge in [-0.05, 0) is 6.07 Å². The molecule has 0 radical (unpaired) electrons. The summed E-state index contributed by atoms with van der Waals surface area (Å²) in [4.78, 5) is 3.64. The summed E-state index contributed by atoms with van der Waals surface area (Å²) in [5.41, 5.74) is 0.0228. The normalized spacial score (nSPS) is 10.7. The van der Waals surface area contributed by atoms with Crippen LogP contribution in [0.25, 0.3) is 0 Å². The van der Waals surface area contributed by atoms with Crippen LogP contribution in [-0.2, 0) is 5.33 Å². The number of nitrogens with zero attached hydrogens (tertiary/aromatic N) is 1. The summed E-state index contributed by atoms with van der Waals surface area (Å²) in [5, 5.41) is 9.13. The Morgan fingerprint density at radius 2 is 2.25 bits per heavy atom. The lowest BCUT2D eigenvalue weighted by Crippen LogP contribution is -1.94. The Kier molecular flexibility index (Phi) is 2.97. The molecule has 5 heteroatoms. The van der Waals surface area contributed by atoms with E-state index in [1.54, 1.807) is 0 Å². The molecule has 1 aromatic heterocycles. The Hall–Kier alpha value is -0.710. The van der Waals surface area contributed by atoms with Gasteiger partial charge in [0.05, 0.1) is 11.9 Å². The summed E-state index contributed by atoms with van der Waals surface area (Å²) >= 11 is 3.02. The molecule has 0 aliphatic heterocycles. The lowest BCUT2D eigenvalue weighted by atomic mass is 10.2. The van der Waals surface area contributed by atoms with Gasteiger partial charge in [-0.15, -0.1) is 0 Å². The van der Waals surface area contributed by atoms with Gasteiger partial charge in [0.25, 0.3) is 6.43 Å². The van der Waals surface area contributed by atoms with Gasteiger partial charge in [-0.25, -0.2) is 8.78 Å². The van der Waals surface area contributed by atoms with Gasteiger partial charge in [-0.1, -0.05) is 15.9 Å². The average molecular weight is 238 g/mol. The Balaban J connectivity index is 3.12. The third-order valence-corrected chi connectivity index (χ3v) is 1.88. The van der Waals surface area contributed by atoms with E-state index in [0.29, 0.717) is 0 Å². The molecule has 0 saturated heterocycles. The average Bonchev–Trinajstić information content (AvgIpc) is 2.04. The van der Waals surface area contributed by atoms with Crippen molar-refractivity contribution in [2.24, 2.45) is 0 Å². The highest BCUT2D eigenvalue weighted by atomic mass is 79.9. The molecule has 66 valence electrons. The van der Waals surface area contributed by atoms with Crippen molar-refractivity contribution in [2.75, 3.05) is 0 Å². The first kappa shape index (κ1) is 9.38. The van der Waals surface area contributed by atoms with Gasteiger partial charge in [0.1, 0.15) is 5.75 Å². The number of pyridine rings is 1. The smallest absolute Gasteiger partial charge is 0.265 e. The van der Waals surface area contributed by atoms with Crippen LogP contribution in [0.3, 0.4) is 0 Å². The van der Waals surface area contributed by atoms with Gasteiger partial charge in [0.2, 0.25) is 0 Å². The summed E-state index contributed by atoms with van der Waals surface area (Å²) in [6.45, 7) is 0. The van der Waals surface area contributed by atoms with Gasteiger partial charge in [0.15, 0.2) is 0 Å². The SMILES string of the molecule is Oc1cnc(CBr)c(C(F)F)c1. The summed E-state index contributed by atoms with van der Waals surface area (Å²) in [7, 11) is 0. The Bertz CT molecular complexity index is 280. The fourth-order valence-electron chi connectivity index (χ4n) is 0.799. The van der Waals surface area contributed by atoms with E-state index in [1.807, 2.05) is 0 Å². The molecule has 0 aliphatic rings. The second-order valence-electron chi connectivity index (χ2n) is 2.16. The Morgan fingerprint density at radius 3 is 2.75 bits per heavy atom. The summed E-state index contributed by atoms with van der Waals surface area (Å²) < 4.78 is 24.4.